The summed E-state index contributed by atoms with van der Waals surface area (Å²) in [7, 11) is 3.18. The lowest BCUT2D eigenvalue weighted by Crippen LogP contribution is -2.56. The van der Waals surface area contributed by atoms with Crippen LogP contribution in [0.5, 0.6) is 17.5 Å². The molecular weight excluding hydrogens is 881 g/mol. The van der Waals surface area contributed by atoms with Crippen molar-refractivity contribution in [3.63, 3.8) is 0 Å². The number of pyridine rings is 1. The smallest absolute Gasteiger partial charge is 0.418 e. The van der Waals surface area contributed by atoms with Gasteiger partial charge in [-0.2, -0.15) is 28.4 Å². The molecule has 2 aromatic heterocycles. The van der Waals surface area contributed by atoms with E-state index in [0.29, 0.717) is 67.8 Å². The third-order valence-electron chi connectivity index (χ3n) is 13.9. The number of halogens is 4. The van der Waals surface area contributed by atoms with Gasteiger partial charge in [-0.15, -0.1) is 0 Å². The zero-order valence-corrected chi connectivity index (χ0v) is 40.0. The van der Waals surface area contributed by atoms with Gasteiger partial charge in [0.25, 0.3) is 0 Å². The Bertz CT molecular complexity index is 2430. The molecule has 1 aliphatic carbocycles. The van der Waals surface area contributed by atoms with Gasteiger partial charge in [0, 0.05) is 57.2 Å². The van der Waals surface area contributed by atoms with Gasteiger partial charge in [0.05, 0.1) is 55.2 Å². The minimum Gasteiger partial charge on any atom is -0.497 e. The number of hydrogen-bond donors (Lipinski definition) is 0. The number of methoxy groups -OCH3 is 2. The summed E-state index contributed by atoms with van der Waals surface area (Å²) in [6.45, 7) is 11.6. The Morgan fingerprint density at radius 2 is 1.59 bits per heavy atom. The lowest BCUT2D eigenvalue weighted by Gasteiger charge is -2.42. The number of benzene rings is 2. The van der Waals surface area contributed by atoms with Crippen LogP contribution in [0.25, 0.3) is 0 Å². The van der Waals surface area contributed by atoms with E-state index >= 15 is 13.2 Å². The topological polar surface area (TPSA) is 129 Å². The minimum absolute atomic E-state index is 0.0448. The quantitative estimate of drug-likeness (QED) is 0.119. The normalized spacial score (nSPS) is 22.9. The molecular formula is C51H62F4N8O5. The Hall–Kier alpha value is -5.89. The highest BCUT2D eigenvalue weighted by atomic mass is 19.4. The molecule has 0 radical (unpaired) electrons. The first-order valence-electron chi connectivity index (χ1n) is 23.5. The first kappa shape index (κ1) is 48.6. The number of alkyl halides is 4. The van der Waals surface area contributed by atoms with Crippen molar-refractivity contribution in [2.24, 2.45) is 5.92 Å². The fraction of sp³-hybridized carbons (Fsp3) is 0.549. The van der Waals surface area contributed by atoms with E-state index in [4.69, 9.17) is 33.9 Å². The van der Waals surface area contributed by atoms with E-state index in [1.165, 1.54) is 13.0 Å². The maximum atomic E-state index is 15.5. The fourth-order valence-electron chi connectivity index (χ4n) is 10.6. The van der Waals surface area contributed by atoms with Crippen molar-refractivity contribution in [2.45, 2.75) is 122 Å². The number of rotatable bonds is 13. The van der Waals surface area contributed by atoms with Gasteiger partial charge in [0.15, 0.2) is 0 Å². The summed E-state index contributed by atoms with van der Waals surface area (Å²) < 4.78 is 84.3. The number of piperazine rings is 1. The van der Waals surface area contributed by atoms with Crippen molar-refractivity contribution in [2.75, 3.05) is 63.4 Å². The molecule has 17 heteroatoms. The monoisotopic (exact) mass is 942 g/mol. The van der Waals surface area contributed by atoms with Crippen LogP contribution < -0.4 is 24.0 Å². The molecule has 2 aromatic carbocycles. The number of hydrogen-bond acceptors (Lipinski definition) is 12. The van der Waals surface area contributed by atoms with Crippen molar-refractivity contribution in [3.8, 4) is 23.6 Å². The molecule has 13 nitrogen and oxygen atoms in total. The van der Waals surface area contributed by atoms with Crippen LogP contribution in [-0.2, 0) is 36.8 Å². The molecule has 4 aliphatic rings. The third-order valence-corrected chi connectivity index (χ3v) is 13.9. The number of anilines is 2. The molecule has 68 heavy (non-hydrogen) atoms. The van der Waals surface area contributed by atoms with Gasteiger partial charge in [-0.3, -0.25) is 4.90 Å². The van der Waals surface area contributed by atoms with Gasteiger partial charge >= 0.3 is 18.3 Å². The van der Waals surface area contributed by atoms with Gasteiger partial charge in [0.1, 0.15) is 41.5 Å². The molecule has 5 atom stereocenters. The maximum Gasteiger partial charge on any atom is 0.418 e. The summed E-state index contributed by atoms with van der Waals surface area (Å²) in [6.07, 6.45) is -3.69. The molecule has 0 spiro atoms. The minimum atomic E-state index is -4.71. The Balaban J connectivity index is 1.18. The predicted molar refractivity (Wildman–Crippen MR) is 249 cm³/mol. The molecule has 1 amide bonds. The van der Waals surface area contributed by atoms with Crippen LogP contribution in [0.15, 0.2) is 54.6 Å². The van der Waals surface area contributed by atoms with Crippen LogP contribution in [-0.4, -0.2) is 108 Å². The van der Waals surface area contributed by atoms with Gasteiger partial charge in [0.2, 0.25) is 0 Å². The van der Waals surface area contributed by atoms with E-state index in [2.05, 4.69) is 11.0 Å². The predicted octanol–water partition coefficient (Wildman–Crippen LogP) is 9.24. The van der Waals surface area contributed by atoms with Crippen LogP contribution >= 0.6 is 0 Å². The number of aromatic nitrogens is 3. The third kappa shape index (κ3) is 10.5. The highest BCUT2D eigenvalue weighted by Crippen LogP contribution is 2.46. The lowest BCUT2D eigenvalue weighted by atomic mass is 9.75. The summed E-state index contributed by atoms with van der Waals surface area (Å²) in [5.74, 6) is 1.27. The lowest BCUT2D eigenvalue weighted by molar-refractivity contribution is -0.139. The second-order valence-corrected chi connectivity index (χ2v) is 19.9. The molecule has 3 saturated heterocycles. The van der Waals surface area contributed by atoms with Crippen LogP contribution in [0.1, 0.15) is 98.5 Å². The molecule has 364 valence electrons. The number of fused-ring (bicyclic) bond motifs is 2. The Morgan fingerprint density at radius 3 is 2.19 bits per heavy atom. The molecule has 8 rings (SSSR count). The Morgan fingerprint density at radius 1 is 0.926 bits per heavy atom. The molecule has 3 fully saturated rings. The van der Waals surface area contributed by atoms with Crippen LogP contribution in [0.4, 0.5) is 34.0 Å². The number of ether oxygens (including phenoxy) is 4. The number of amides is 1. The molecule has 0 N–H and O–H groups in total. The SMILES string of the molecule is COc1ccc(CN(Cc2ccc(OC)cc2)c2cc(C)c(C(F)(F)F)c([C@H]3Cc4nc(OC[C@@]56CCCN5C[C@H](F)C6)nc(N5CCN(C(=O)OC(C)(C)C)[C@@H](CC#N)C5)c4C[C@@H]3C)n2)cc1. The largest absolute Gasteiger partial charge is 0.497 e. The van der Waals surface area contributed by atoms with Gasteiger partial charge in [-0.25, -0.2) is 14.2 Å². The number of carbonyl (C=O) groups excluding carboxylic acids is 1. The fourth-order valence-corrected chi connectivity index (χ4v) is 10.6. The van der Waals surface area contributed by atoms with E-state index in [1.54, 1.807) is 39.9 Å². The van der Waals surface area contributed by atoms with E-state index < -0.39 is 47.1 Å². The highest BCUT2D eigenvalue weighted by Gasteiger charge is 2.50. The van der Waals surface area contributed by atoms with Gasteiger partial charge in [-0.05, 0) is 113 Å². The van der Waals surface area contributed by atoms with E-state index in [-0.39, 0.29) is 55.7 Å². The van der Waals surface area contributed by atoms with Crippen molar-refractivity contribution in [1.29, 1.82) is 5.26 Å². The number of carbonyl (C=O) groups is 1. The standard InChI is InChI=1S/C51H62F4N8O5/c1-32-23-41-42(57-47(67-31-50-18-8-20-62(50)29-36(52)26-50)59-46(41)60-21-22-63(37(30-60)17-19-56)48(64)68-49(3,4)5)25-40(32)45-44(51(53,54)55)33(2)24-43(58-45)61(27-34-9-13-38(65-6)14-10-34)28-35-11-15-39(66-7)16-12-35/h9-16,24,32,36-37,40H,8,17-18,20-23,25-31H2,1-7H3/t32-,36+,37-,40-,50-/m0/s1. The van der Waals surface area contributed by atoms with Crippen LogP contribution in [0, 0.1) is 24.2 Å². The Labute approximate surface area is 396 Å². The maximum absolute atomic E-state index is 15.5. The highest BCUT2D eigenvalue weighted by molar-refractivity contribution is 5.69. The molecule has 5 heterocycles. The average molecular weight is 943 g/mol. The molecule has 4 aromatic rings. The van der Waals surface area contributed by atoms with Gasteiger partial charge in [-0.1, -0.05) is 31.2 Å². The van der Waals surface area contributed by atoms with Crippen molar-refractivity contribution in [3.05, 3.63) is 93.8 Å². The van der Waals surface area contributed by atoms with E-state index in [9.17, 15) is 14.4 Å². The zero-order chi connectivity index (χ0) is 48.5. The number of nitriles is 1. The average Bonchev–Trinajstić information content (AvgIpc) is 3.82. The molecule has 0 bridgehead atoms. The summed E-state index contributed by atoms with van der Waals surface area (Å²) in [4.78, 5) is 36.1. The van der Waals surface area contributed by atoms with Crippen molar-refractivity contribution >= 4 is 17.7 Å². The summed E-state index contributed by atoms with van der Waals surface area (Å²) in [6, 6.07) is 18.4. The number of nitrogens with zero attached hydrogens (tertiary/aromatic N) is 8. The summed E-state index contributed by atoms with van der Waals surface area (Å²) in [5.41, 5.74) is 1.16. The van der Waals surface area contributed by atoms with Gasteiger partial charge < -0.3 is 33.6 Å². The second-order valence-electron chi connectivity index (χ2n) is 19.9. The summed E-state index contributed by atoms with van der Waals surface area (Å²) >= 11 is 0. The molecule has 3 aliphatic heterocycles. The Kier molecular flexibility index (Phi) is 14.0. The van der Waals surface area contributed by atoms with Crippen molar-refractivity contribution in [1.82, 2.24) is 24.8 Å². The zero-order valence-electron chi connectivity index (χ0n) is 40.0. The molecule has 0 saturated carbocycles. The first-order valence-corrected chi connectivity index (χ1v) is 23.5. The first-order chi connectivity index (χ1) is 32.4. The van der Waals surface area contributed by atoms with E-state index in [1.807, 2.05) is 65.3 Å². The summed E-state index contributed by atoms with van der Waals surface area (Å²) in [5, 5.41) is 9.90. The number of aryl methyl sites for hydroxylation is 1. The molecule has 0 unspecified atom stereocenters. The van der Waals surface area contributed by atoms with Crippen molar-refractivity contribution < 1.29 is 41.3 Å². The second kappa shape index (κ2) is 19.6. The van der Waals surface area contributed by atoms with E-state index in [0.717, 1.165) is 36.1 Å². The van der Waals surface area contributed by atoms with Crippen LogP contribution in [0.3, 0.4) is 0 Å². The van der Waals surface area contributed by atoms with Crippen LogP contribution in [0.2, 0.25) is 0 Å².